The molecule has 27 heavy (non-hydrogen) atoms. The predicted octanol–water partition coefficient (Wildman–Crippen LogP) is 1.48. The van der Waals surface area contributed by atoms with Crippen LogP contribution in [0.4, 0.5) is 10.8 Å². The number of carbonyl (C=O) groups is 1. The van der Waals surface area contributed by atoms with Crippen LogP contribution in [0, 0.1) is 5.41 Å². The van der Waals surface area contributed by atoms with Gasteiger partial charge in [0.1, 0.15) is 0 Å². The highest BCUT2D eigenvalue weighted by Crippen LogP contribution is 2.19. The van der Waals surface area contributed by atoms with Crippen molar-refractivity contribution in [3.8, 4) is 0 Å². The Morgan fingerprint density at radius 3 is 2.67 bits per heavy atom. The number of hydrogen-bond donors (Lipinski definition) is 5. The molecule has 1 amide bonds. The minimum absolute atomic E-state index is 0.147. The van der Waals surface area contributed by atoms with Crippen LogP contribution in [0.15, 0.2) is 29.6 Å². The first-order valence-corrected chi connectivity index (χ1v) is 11.6. The summed E-state index contributed by atoms with van der Waals surface area (Å²) in [5, 5.41) is 15.1. The number of thioether (sulfide) groups is 1. The van der Waals surface area contributed by atoms with E-state index in [1.807, 2.05) is 5.38 Å². The smallest absolute Gasteiger partial charge is 0.251 e. The number of anilines is 2. The maximum absolute atomic E-state index is 12.1. The van der Waals surface area contributed by atoms with Crippen molar-refractivity contribution in [3.63, 3.8) is 0 Å². The zero-order valence-electron chi connectivity index (χ0n) is 14.5. The molecule has 0 fully saturated rings. The van der Waals surface area contributed by atoms with Gasteiger partial charge < -0.3 is 16.4 Å². The molecule has 6 N–H and O–H groups in total. The summed E-state index contributed by atoms with van der Waals surface area (Å²) in [6.07, 6.45) is 1.07. The Morgan fingerprint density at radius 1 is 1.33 bits per heavy atom. The van der Waals surface area contributed by atoms with Crippen molar-refractivity contribution in [2.24, 2.45) is 5.73 Å². The number of nitrogens with zero attached hydrogens (tertiary/aromatic N) is 1. The van der Waals surface area contributed by atoms with E-state index in [0.717, 1.165) is 11.9 Å². The van der Waals surface area contributed by atoms with Gasteiger partial charge in [-0.25, -0.2) is 13.4 Å². The molecule has 1 heterocycles. The average molecular weight is 429 g/mol. The van der Waals surface area contributed by atoms with Crippen LogP contribution >= 0.6 is 23.1 Å². The first-order chi connectivity index (χ1) is 12.7. The van der Waals surface area contributed by atoms with E-state index in [9.17, 15) is 13.2 Å². The fraction of sp³-hybridized carbons (Fsp3) is 0.267. The van der Waals surface area contributed by atoms with Crippen LogP contribution in [-0.4, -0.2) is 43.8 Å². The minimum Gasteiger partial charge on any atom is -0.370 e. The fourth-order valence-electron chi connectivity index (χ4n) is 1.97. The molecule has 0 saturated heterocycles. The van der Waals surface area contributed by atoms with Gasteiger partial charge in [0, 0.05) is 34.7 Å². The summed E-state index contributed by atoms with van der Waals surface area (Å²) in [5.74, 6) is 1.04. The van der Waals surface area contributed by atoms with Crippen molar-refractivity contribution in [2.75, 3.05) is 28.6 Å². The average Bonchev–Trinajstić information content (AvgIpc) is 3.00. The number of thiazole rings is 1. The van der Waals surface area contributed by atoms with Crippen LogP contribution in [0.2, 0.25) is 0 Å². The number of nitrogens with two attached hydrogens (primary N) is 1. The second-order valence-corrected chi connectivity index (χ2v) is 9.15. The summed E-state index contributed by atoms with van der Waals surface area (Å²) in [6.45, 7) is 0.496. The molecule has 2 aromatic rings. The first-order valence-electron chi connectivity index (χ1n) is 7.72. The molecule has 146 valence electrons. The van der Waals surface area contributed by atoms with Crippen LogP contribution in [0.25, 0.3) is 0 Å². The zero-order valence-corrected chi connectivity index (χ0v) is 16.9. The summed E-state index contributed by atoms with van der Waals surface area (Å²) in [5.41, 5.74) is 7.00. The number of rotatable bonds is 9. The second kappa shape index (κ2) is 9.58. The molecule has 0 aliphatic carbocycles. The van der Waals surface area contributed by atoms with E-state index in [-0.39, 0.29) is 11.9 Å². The molecule has 0 atom stereocenters. The Bertz CT molecular complexity index is 896. The Balaban J connectivity index is 1.70. The SMILES string of the molecule is CS(=O)(=O)Nc1ccc(C(=O)NCCSCc2csc(NC(=N)N)n2)cc1. The highest BCUT2D eigenvalue weighted by Gasteiger charge is 2.07. The molecule has 0 unspecified atom stereocenters. The Kier molecular flexibility index (Phi) is 7.45. The lowest BCUT2D eigenvalue weighted by Crippen LogP contribution is -2.25. The summed E-state index contributed by atoms with van der Waals surface area (Å²) >= 11 is 3.00. The third-order valence-electron chi connectivity index (χ3n) is 3.03. The molecule has 2 rings (SSSR count). The third kappa shape index (κ3) is 7.85. The summed E-state index contributed by atoms with van der Waals surface area (Å²) in [4.78, 5) is 16.4. The molecule has 12 heteroatoms. The molecule has 1 aromatic heterocycles. The monoisotopic (exact) mass is 428 g/mol. The van der Waals surface area contributed by atoms with Crippen LogP contribution in [0.5, 0.6) is 0 Å². The summed E-state index contributed by atoms with van der Waals surface area (Å²) in [6, 6.07) is 6.21. The molecule has 0 aliphatic rings. The van der Waals surface area contributed by atoms with Crippen LogP contribution < -0.4 is 21.1 Å². The number of carbonyl (C=O) groups excluding carboxylic acids is 1. The fourth-order valence-corrected chi connectivity index (χ4v) is 4.11. The number of aromatic nitrogens is 1. The number of benzene rings is 1. The van der Waals surface area contributed by atoms with Crippen molar-refractivity contribution >= 4 is 55.8 Å². The molecule has 0 aliphatic heterocycles. The van der Waals surface area contributed by atoms with E-state index in [2.05, 4.69) is 20.3 Å². The quantitative estimate of drug-likeness (QED) is 0.231. The van der Waals surface area contributed by atoms with Gasteiger partial charge in [-0.2, -0.15) is 11.8 Å². The van der Waals surface area contributed by atoms with Crippen molar-refractivity contribution in [3.05, 3.63) is 40.9 Å². The molecule has 0 bridgehead atoms. The number of nitrogens with one attached hydrogen (secondary N) is 4. The Morgan fingerprint density at radius 2 is 2.04 bits per heavy atom. The number of amides is 1. The van der Waals surface area contributed by atoms with E-state index in [1.165, 1.54) is 11.3 Å². The van der Waals surface area contributed by atoms with Gasteiger partial charge in [-0.1, -0.05) is 0 Å². The topological polar surface area (TPSA) is 150 Å². The number of hydrogen-bond acceptors (Lipinski definition) is 7. The van der Waals surface area contributed by atoms with E-state index >= 15 is 0 Å². The van der Waals surface area contributed by atoms with Gasteiger partial charge >= 0.3 is 0 Å². The van der Waals surface area contributed by atoms with Gasteiger partial charge in [0.15, 0.2) is 11.1 Å². The summed E-state index contributed by atoms with van der Waals surface area (Å²) < 4.78 is 24.7. The Hall–Kier alpha value is -2.31. The molecule has 0 radical (unpaired) electrons. The molecule has 0 saturated carbocycles. The van der Waals surface area contributed by atoms with E-state index in [4.69, 9.17) is 11.1 Å². The lowest BCUT2D eigenvalue weighted by molar-refractivity contribution is 0.0956. The zero-order chi connectivity index (χ0) is 19.9. The van der Waals surface area contributed by atoms with Crippen LogP contribution in [0.1, 0.15) is 16.1 Å². The Labute approximate surface area is 165 Å². The largest absolute Gasteiger partial charge is 0.370 e. The van der Waals surface area contributed by atoms with Crippen molar-refractivity contribution < 1.29 is 13.2 Å². The normalized spacial score (nSPS) is 11.0. The lowest BCUT2D eigenvalue weighted by Gasteiger charge is -2.07. The predicted molar refractivity (Wildman–Crippen MR) is 111 cm³/mol. The van der Waals surface area contributed by atoms with Crippen LogP contribution in [-0.2, 0) is 15.8 Å². The maximum Gasteiger partial charge on any atom is 0.251 e. The standard InChI is InChI=1S/C15H20N6O3S3/c1-27(23,24)21-11-4-2-10(3-5-11)13(22)18-6-7-25-8-12-9-26-15(19-12)20-14(16)17/h2-5,9,21H,6-8H2,1H3,(H,18,22)(H4,16,17,19,20). The maximum atomic E-state index is 12.1. The van der Waals surface area contributed by atoms with Crippen molar-refractivity contribution in [1.29, 1.82) is 5.41 Å². The van der Waals surface area contributed by atoms with Gasteiger partial charge in [0.2, 0.25) is 10.0 Å². The van der Waals surface area contributed by atoms with Crippen molar-refractivity contribution in [1.82, 2.24) is 10.3 Å². The minimum atomic E-state index is -3.34. The van der Waals surface area contributed by atoms with Gasteiger partial charge in [0.25, 0.3) is 5.91 Å². The summed E-state index contributed by atoms with van der Waals surface area (Å²) in [7, 11) is -3.34. The molecule has 0 spiro atoms. The highest BCUT2D eigenvalue weighted by molar-refractivity contribution is 7.98. The van der Waals surface area contributed by atoms with Gasteiger partial charge in [-0.05, 0) is 24.3 Å². The highest BCUT2D eigenvalue weighted by atomic mass is 32.2. The van der Waals surface area contributed by atoms with Crippen molar-refractivity contribution in [2.45, 2.75) is 5.75 Å². The number of sulfonamides is 1. The first kappa shape index (κ1) is 21.0. The van der Waals surface area contributed by atoms with Crippen LogP contribution in [0.3, 0.4) is 0 Å². The molecule has 1 aromatic carbocycles. The lowest BCUT2D eigenvalue weighted by atomic mass is 10.2. The van der Waals surface area contributed by atoms with E-state index in [0.29, 0.717) is 34.4 Å². The molecular formula is C15H20N6O3S3. The van der Waals surface area contributed by atoms with Gasteiger partial charge in [-0.3, -0.25) is 14.9 Å². The number of guanidine groups is 1. The van der Waals surface area contributed by atoms with E-state index in [1.54, 1.807) is 36.0 Å². The second-order valence-electron chi connectivity index (χ2n) is 5.44. The molecule has 9 nitrogen and oxygen atoms in total. The van der Waals surface area contributed by atoms with Gasteiger partial charge in [-0.15, -0.1) is 11.3 Å². The van der Waals surface area contributed by atoms with Gasteiger partial charge in [0.05, 0.1) is 11.9 Å². The van der Waals surface area contributed by atoms with E-state index < -0.39 is 10.0 Å². The molecular weight excluding hydrogens is 408 g/mol. The third-order valence-corrected chi connectivity index (χ3v) is 5.43.